The van der Waals surface area contributed by atoms with Crippen molar-refractivity contribution in [1.82, 2.24) is 4.98 Å². The van der Waals surface area contributed by atoms with Crippen LogP contribution in [0.5, 0.6) is 5.88 Å². The van der Waals surface area contributed by atoms with Gasteiger partial charge in [0.15, 0.2) is 5.84 Å². The second kappa shape index (κ2) is 9.12. The van der Waals surface area contributed by atoms with Crippen molar-refractivity contribution in [2.45, 2.75) is 6.42 Å². The zero-order valence-corrected chi connectivity index (χ0v) is 10.9. The van der Waals surface area contributed by atoms with Gasteiger partial charge in [-0.1, -0.05) is 11.2 Å². The van der Waals surface area contributed by atoms with Gasteiger partial charge in [-0.2, -0.15) is 0 Å². The van der Waals surface area contributed by atoms with Gasteiger partial charge in [0, 0.05) is 26.4 Å². The number of aromatic nitrogens is 1. The predicted molar refractivity (Wildman–Crippen MR) is 69.6 cm³/mol. The van der Waals surface area contributed by atoms with Gasteiger partial charge >= 0.3 is 0 Å². The second-order valence-corrected chi connectivity index (χ2v) is 3.65. The molecule has 0 bridgehead atoms. The van der Waals surface area contributed by atoms with Crippen LogP contribution in [0.25, 0.3) is 0 Å². The summed E-state index contributed by atoms with van der Waals surface area (Å²) in [5.74, 6) is 0.353. The monoisotopic (exact) mass is 269 g/mol. The molecule has 0 saturated heterocycles. The molecule has 7 heteroatoms. The first-order chi connectivity index (χ1) is 9.27. The van der Waals surface area contributed by atoms with E-state index in [9.17, 15) is 0 Å². The summed E-state index contributed by atoms with van der Waals surface area (Å²) >= 11 is 0. The average molecular weight is 269 g/mol. The maximum Gasteiger partial charge on any atom is 0.213 e. The zero-order chi connectivity index (χ0) is 13.9. The van der Waals surface area contributed by atoms with Crippen molar-refractivity contribution >= 4 is 5.84 Å². The highest BCUT2D eigenvalue weighted by Crippen LogP contribution is 2.07. The number of amidine groups is 1. The van der Waals surface area contributed by atoms with Crippen LogP contribution < -0.4 is 10.5 Å². The minimum atomic E-state index is -0.0544. The van der Waals surface area contributed by atoms with Gasteiger partial charge in [-0.3, -0.25) is 0 Å². The van der Waals surface area contributed by atoms with E-state index < -0.39 is 0 Å². The maximum absolute atomic E-state index is 8.55. The maximum atomic E-state index is 8.55. The molecule has 1 aromatic heterocycles. The van der Waals surface area contributed by atoms with Crippen LogP contribution in [0.15, 0.2) is 23.4 Å². The number of oxime groups is 1. The van der Waals surface area contributed by atoms with Crippen LogP contribution in [0.3, 0.4) is 0 Å². The van der Waals surface area contributed by atoms with Crippen molar-refractivity contribution in [3.63, 3.8) is 0 Å². The summed E-state index contributed by atoms with van der Waals surface area (Å²) in [6.07, 6.45) is 0.855. The minimum absolute atomic E-state index is 0.0544. The Labute approximate surface area is 112 Å². The molecule has 0 amide bonds. The normalized spacial score (nSPS) is 11.5. The number of hydrogen-bond donors (Lipinski definition) is 2. The van der Waals surface area contributed by atoms with E-state index >= 15 is 0 Å². The quantitative estimate of drug-likeness (QED) is 0.224. The number of hydrogen-bond acceptors (Lipinski definition) is 6. The van der Waals surface area contributed by atoms with Crippen LogP contribution in [0.1, 0.15) is 12.1 Å². The summed E-state index contributed by atoms with van der Waals surface area (Å²) in [7, 11) is 1.66. The third-order valence-corrected chi connectivity index (χ3v) is 2.21. The standard InChI is InChI=1S/C12H19N3O4/c1-17-6-3-7-18-8-9-19-11-5-2-4-10(14-11)12(13)15-16/h2,4-5,16H,3,6-9H2,1H3,(H2,13,15). The van der Waals surface area contributed by atoms with Crippen LogP contribution in [-0.4, -0.2) is 49.6 Å². The lowest BCUT2D eigenvalue weighted by molar-refractivity contribution is 0.0795. The molecule has 0 spiro atoms. The molecule has 1 heterocycles. The molecule has 1 rings (SSSR count). The van der Waals surface area contributed by atoms with Crippen molar-refractivity contribution in [1.29, 1.82) is 0 Å². The van der Waals surface area contributed by atoms with Gasteiger partial charge in [0.1, 0.15) is 12.3 Å². The van der Waals surface area contributed by atoms with Crippen molar-refractivity contribution in [2.75, 3.05) is 33.5 Å². The fourth-order valence-electron chi connectivity index (χ4n) is 1.30. The largest absolute Gasteiger partial charge is 0.475 e. The van der Waals surface area contributed by atoms with E-state index in [4.69, 9.17) is 25.2 Å². The average Bonchev–Trinajstić information content (AvgIpc) is 2.46. The Morgan fingerprint density at radius 1 is 1.32 bits per heavy atom. The predicted octanol–water partition coefficient (Wildman–Crippen LogP) is 0.608. The highest BCUT2D eigenvalue weighted by molar-refractivity contribution is 5.95. The molecule has 19 heavy (non-hydrogen) atoms. The minimum Gasteiger partial charge on any atom is -0.475 e. The van der Waals surface area contributed by atoms with Crippen LogP contribution >= 0.6 is 0 Å². The Bertz CT molecular complexity index is 398. The first kappa shape index (κ1) is 15.2. The Morgan fingerprint density at radius 3 is 2.89 bits per heavy atom. The number of pyridine rings is 1. The van der Waals surface area contributed by atoms with Crippen LogP contribution in [-0.2, 0) is 9.47 Å². The Kier molecular flexibility index (Phi) is 7.30. The van der Waals surface area contributed by atoms with Gasteiger partial charge < -0.3 is 25.2 Å². The van der Waals surface area contributed by atoms with E-state index in [0.29, 0.717) is 38.0 Å². The van der Waals surface area contributed by atoms with Crippen LogP contribution in [0.4, 0.5) is 0 Å². The number of rotatable bonds is 9. The first-order valence-electron chi connectivity index (χ1n) is 5.92. The molecule has 7 nitrogen and oxygen atoms in total. The van der Waals surface area contributed by atoms with Gasteiger partial charge in [0.2, 0.25) is 5.88 Å². The number of nitrogens with zero attached hydrogens (tertiary/aromatic N) is 2. The summed E-state index contributed by atoms with van der Waals surface area (Å²) in [5, 5.41) is 11.4. The molecule has 106 valence electrons. The number of ether oxygens (including phenoxy) is 3. The molecule has 0 fully saturated rings. The first-order valence-corrected chi connectivity index (χ1v) is 5.92. The van der Waals surface area contributed by atoms with E-state index in [1.54, 1.807) is 25.3 Å². The smallest absolute Gasteiger partial charge is 0.213 e. The molecule has 3 N–H and O–H groups in total. The van der Waals surface area contributed by atoms with Gasteiger partial charge in [0.25, 0.3) is 0 Å². The molecule has 1 aromatic rings. The zero-order valence-electron chi connectivity index (χ0n) is 10.9. The van der Waals surface area contributed by atoms with Gasteiger partial charge in [-0.25, -0.2) is 4.98 Å². The van der Waals surface area contributed by atoms with Crippen molar-refractivity contribution in [3.8, 4) is 5.88 Å². The third-order valence-electron chi connectivity index (χ3n) is 2.21. The van der Waals surface area contributed by atoms with E-state index in [1.165, 1.54) is 0 Å². The van der Waals surface area contributed by atoms with Crippen LogP contribution in [0.2, 0.25) is 0 Å². The van der Waals surface area contributed by atoms with E-state index in [1.807, 2.05) is 0 Å². The Hall–Kier alpha value is -1.86. The van der Waals surface area contributed by atoms with E-state index in [-0.39, 0.29) is 5.84 Å². The number of methoxy groups -OCH3 is 1. The lowest BCUT2D eigenvalue weighted by Crippen LogP contribution is -2.16. The highest BCUT2D eigenvalue weighted by atomic mass is 16.5. The molecular formula is C12H19N3O4. The summed E-state index contributed by atoms with van der Waals surface area (Å²) in [4.78, 5) is 4.08. The van der Waals surface area contributed by atoms with Gasteiger partial charge in [-0.05, 0) is 12.5 Å². The number of nitrogens with two attached hydrogens (primary N) is 1. The topological polar surface area (TPSA) is 99.2 Å². The summed E-state index contributed by atoms with van der Waals surface area (Å²) < 4.78 is 15.6. The Balaban J connectivity index is 2.26. The second-order valence-electron chi connectivity index (χ2n) is 3.65. The molecule has 0 aliphatic rings. The van der Waals surface area contributed by atoms with Crippen molar-refractivity contribution < 1.29 is 19.4 Å². The molecule has 0 radical (unpaired) electrons. The van der Waals surface area contributed by atoms with Crippen LogP contribution in [0, 0.1) is 0 Å². The molecule has 0 aromatic carbocycles. The lowest BCUT2D eigenvalue weighted by Gasteiger charge is -2.07. The molecule has 0 aliphatic carbocycles. The van der Waals surface area contributed by atoms with Gasteiger partial charge in [0.05, 0.1) is 6.61 Å². The summed E-state index contributed by atoms with van der Waals surface area (Å²) in [6.45, 7) is 2.18. The molecule has 0 unspecified atom stereocenters. The molecule has 0 atom stereocenters. The summed E-state index contributed by atoms with van der Waals surface area (Å²) in [5.41, 5.74) is 5.79. The SMILES string of the molecule is COCCCOCCOc1cccc(/C(N)=N/O)n1. The third kappa shape index (κ3) is 6.03. The highest BCUT2D eigenvalue weighted by Gasteiger charge is 2.02. The Morgan fingerprint density at radius 2 is 2.16 bits per heavy atom. The summed E-state index contributed by atoms with van der Waals surface area (Å²) in [6, 6.07) is 5.04. The fraction of sp³-hybridized carbons (Fsp3) is 0.500. The fourth-order valence-corrected chi connectivity index (χ4v) is 1.30. The van der Waals surface area contributed by atoms with Crippen molar-refractivity contribution in [3.05, 3.63) is 23.9 Å². The van der Waals surface area contributed by atoms with E-state index in [2.05, 4.69) is 10.1 Å². The lowest BCUT2D eigenvalue weighted by atomic mass is 10.3. The molecule has 0 aliphatic heterocycles. The van der Waals surface area contributed by atoms with Gasteiger partial charge in [-0.15, -0.1) is 0 Å². The van der Waals surface area contributed by atoms with Crippen molar-refractivity contribution in [2.24, 2.45) is 10.9 Å². The van der Waals surface area contributed by atoms with E-state index in [0.717, 1.165) is 6.42 Å². The molecule has 0 saturated carbocycles. The molecular weight excluding hydrogens is 250 g/mol.